The third-order valence-electron chi connectivity index (χ3n) is 4.47. The summed E-state index contributed by atoms with van der Waals surface area (Å²) in [5, 5.41) is 6.78. The van der Waals surface area contributed by atoms with Crippen molar-refractivity contribution in [2.75, 3.05) is 40.0 Å². The number of ether oxygens (including phenoxy) is 2. The number of methoxy groups -OCH3 is 1. The van der Waals surface area contributed by atoms with Crippen LogP contribution in [0.5, 0.6) is 5.75 Å². The van der Waals surface area contributed by atoms with E-state index in [1.165, 1.54) is 0 Å². The van der Waals surface area contributed by atoms with Gasteiger partial charge in [-0.1, -0.05) is 12.1 Å². The van der Waals surface area contributed by atoms with Crippen LogP contribution >= 0.6 is 24.0 Å². The van der Waals surface area contributed by atoms with Crippen molar-refractivity contribution in [1.29, 1.82) is 0 Å². The summed E-state index contributed by atoms with van der Waals surface area (Å²) in [6.07, 6.45) is 0. The fourth-order valence-corrected chi connectivity index (χ4v) is 3.00. The second kappa shape index (κ2) is 12.3. The maximum atomic E-state index is 5.52. The first-order valence-electron chi connectivity index (χ1n) is 9.12. The van der Waals surface area contributed by atoms with Crippen LogP contribution in [0.4, 0.5) is 0 Å². The molecule has 0 aliphatic carbocycles. The number of nitrogens with zero attached hydrogens (tertiary/aromatic N) is 2. The average Bonchev–Trinajstić information content (AvgIpc) is 2.64. The predicted octanol–water partition coefficient (Wildman–Crippen LogP) is 2.48. The molecule has 6 nitrogen and oxygen atoms in total. The topological polar surface area (TPSA) is 58.1 Å². The van der Waals surface area contributed by atoms with Crippen molar-refractivity contribution in [3.8, 4) is 5.75 Å². The van der Waals surface area contributed by atoms with Crippen LogP contribution in [0.3, 0.4) is 0 Å². The van der Waals surface area contributed by atoms with Crippen molar-refractivity contribution in [1.82, 2.24) is 15.5 Å². The summed E-state index contributed by atoms with van der Waals surface area (Å²) in [6, 6.07) is 8.92. The van der Waals surface area contributed by atoms with E-state index >= 15 is 0 Å². The molecule has 1 aromatic carbocycles. The fraction of sp³-hybridized carbons (Fsp3) is 0.632. The van der Waals surface area contributed by atoms with E-state index in [4.69, 9.17) is 9.47 Å². The van der Waals surface area contributed by atoms with Gasteiger partial charge < -0.3 is 20.1 Å². The van der Waals surface area contributed by atoms with E-state index < -0.39 is 0 Å². The highest BCUT2D eigenvalue weighted by Gasteiger charge is 2.23. The van der Waals surface area contributed by atoms with Gasteiger partial charge in [0.05, 0.1) is 26.9 Å². The Labute approximate surface area is 174 Å². The quantitative estimate of drug-likeness (QED) is 0.360. The Morgan fingerprint density at radius 3 is 2.69 bits per heavy atom. The van der Waals surface area contributed by atoms with Gasteiger partial charge in [0.1, 0.15) is 5.75 Å². The molecule has 0 spiro atoms. The fourth-order valence-electron chi connectivity index (χ4n) is 3.00. The number of halogens is 1. The molecule has 2 unspecified atom stereocenters. The number of morpholine rings is 1. The van der Waals surface area contributed by atoms with Gasteiger partial charge in [-0.05, 0) is 38.5 Å². The molecule has 0 aromatic heterocycles. The molecule has 7 heteroatoms. The molecule has 0 saturated carbocycles. The Bertz CT molecular complexity index is 539. The molecule has 1 fully saturated rings. The molecule has 26 heavy (non-hydrogen) atoms. The van der Waals surface area contributed by atoms with Crippen molar-refractivity contribution in [3.63, 3.8) is 0 Å². The number of benzene rings is 1. The van der Waals surface area contributed by atoms with Crippen molar-refractivity contribution in [2.24, 2.45) is 4.99 Å². The molecule has 1 aliphatic heterocycles. The van der Waals surface area contributed by atoms with Crippen LogP contribution in [0.15, 0.2) is 29.3 Å². The largest absolute Gasteiger partial charge is 0.497 e. The zero-order valence-corrected chi connectivity index (χ0v) is 18.7. The molecule has 1 aromatic rings. The summed E-state index contributed by atoms with van der Waals surface area (Å²) < 4.78 is 10.7. The Balaban J connectivity index is 0.00000338. The van der Waals surface area contributed by atoms with Gasteiger partial charge in [0.15, 0.2) is 5.96 Å². The molecule has 0 radical (unpaired) electrons. The lowest BCUT2D eigenvalue weighted by Gasteiger charge is -2.38. The molecule has 1 heterocycles. The van der Waals surface area contributed by atoms with Crippen molar-refractivity contribution in [2.45, 2.75) is 39.4 Å². The van der Waals surface area contributed by atoms with E-state index in [9.17, 15) is 0 Å². The third kappa shape index (κ3) is 7.28. The lowest BCUT2D eigenvalue weighted by atomic mass is 10.2. The lowest BCUT2D eigenvalue weighted by molar-refractivity contribution is -0.0174. The van der Waals surface area contributed by atoms with E-state index in [1.54, 1.807) is 7.11 Å². The second-order valence-corrected chi connectivity index (χ2v) is 6.43. The number of aliphatic imine (C=N–C) groups is 1. The Hall–Kier alpha value is -1.06. The second-order valence-electron chi connectivity index (χ2n) is 6.43. The Kier molecular flexibility index (Phi) is 10.9. The summed E-state index contributed by atoms with van der Waals surface area (Å²) >= 11 is 0. The van der Waals surface area contributed by atoms with Crippen molar-refractivity contribution in [3.05, 3.63) is 29.8 Å². The zero-order valence-electron chi connectivity index (χ0n) is 16.3. The van der Waals surface area contributed by atoms with E-state index in [1.807, 2.05) is 24.3 Å². The molecular weight excluding hydrogens is 443 g/mol. The van der Waals surface area contributed by atoms with Crippen molar-refractivity contribution < 1.29 is 9.47 Å². The highest BCUT2D eigenvalue weighted by atomic mass is 127. The van der Waals surface area contributed by atoms with E-state index in [-0.39, 0.29) is 24.0 Å². The van der Waals surface area contributed by atoms with Gasteiger partial charge in [-0.25, -0.2) is 4.99 Å². The molecule has 2 N–H and O–H groups in total. The van der Waals surface area contributed by atoms with E-state index in [2.05, 4.69) is 41.3 Å². The number of nitrogens with one attached hydrogen (secondary N) is 2. The molecule has 2 atom stereocenters. The normalized spacial score (nSPS) is 19.4. The van der Waals surface area contributed by atoms with Crippen LogP contribution < -0.4 is 15.4 Å². The monoisotopic (exact) mass is 476 g/mol. The molecule has 0 bridgehead atoms. The molecule has 1 aliphatic rings. The van der Waals surface area contributed by atoms with Gasteiger partial charge in [0.2, 0.25) is 0 Å². The highest BCUT2D eigenvalue weighted by Crippen LogP contribution is 2.12. The summed E-state index contributed by atoms with van der Waals surface area (Å²) in [5.41, 5.74) is 1.16. The van der Waals surface area contributed by atoms with Crippen LogP contribution in [0.2, 0.25) is 0 Å². The van der Waals surface area contributed by atoms with Gasteiger partial charge in [0.25, 0.3) is 0 Å². The van der Waals surface area contributed by atoms with Crippen LogP contribution in [0, 0.1) is 0 Å². The summed E-state index contributed by atoms with van der Waals surface area (Å²) in [4.78, 5) is 7.18. The first-order chi connectivity index (χ1) is 12.1. The van der Waals surface area contributed by atoms with Crippen molar-refractivity contribution >= 4 is 29.9 Å². The van der Waals surface area contributed by atoms with Gasteiger partial charge in [0, 0.05) is 31.7 Å². The van der Waals surface area contributed by atoms with Crippen LogP contribution in [0.25, 0.3) is 0 Å². The average molecular weight is 476 g/mol. The first-order valence-corrected chi connectivity index (χ1v) is 9.12. The molecular formula is C19H33IN4O2. The predicted molar refractivity (Wildman–Crippen MR) is 118 cm³/mol. The maximum Gasteiger partial charge on any atom is 0.191 e. The summed E-state index contributed by atoms with van der Waals surface area (Å²) in [6.45, 7) is 11.5. The van der Waals surface area contributed by atoms with Gasteiger partial charge >= 0.3 is 0 Å². The number of hydrogen-bond donors (Lipinski definition) is 2. The summed E-state index contributed by atoms with van der Waals surface area (Å²) in [5.74, 6) is 1.72. The SMILES string of the molecule is CCNC(=NCc1ccc(OC)cc1)NCC(C)N1CCOCC1C.I. The number of rotatable bonds is 7. The summed E-state index contributed by atoms with van der Waals surface area (Å²) in [7, 11) is 1.68. The smallest absolute Gasteiger partial charge is 0.191 e. The third-order valence-corrected chi connectivity index (χ3v) is 4.47. The number of guanidine groups is 1. The minimum Gasteiger partial charge on any atom is -0.497 e. The highest BCUT2D eigenvalue weighted by molar-refractivity contribution is 14.0. The van der Waals surface area contributed by atoms with Crippen LogP contribution in [-0.2, 0) is 11.3 Å². The van der Waals surface area contributed by atoms with Gasteiger partial charge in [-0.3, -0.25) is 4.90 Å². The van der Waals surface area contributed by atoms with Gasteiger partial charge in [-0.15, -0.1) is 24.0 Å². The maximum absolute atomic E-state index is 5.52. The number of hydrogen-bond acceptors (Lipinski definition) is 4. The van der Waals surface area contributed by atoms with E-state index in [0.717, 1.165) is 50.1 Å². The molecule has 2 rings (SSSR count). The molecule has 0 amide bonds. The zero-order chi connectivity index (χ0) is 18.1. The minimum atomic E-state index is 0. The minimum absolute atomic E-state index is 0. The lowest BCUT2D eigenvalue weighted by Crippen LogP contribution is -2.53. The standard InChI is InChI=1S/C19H32N4O2.HI/c1-5-20-19(22-13-17-6-8-18(24-4)9-7-17)21-12-15(2)23-10-11-25-14-16(23)3;/h6-9,15-16H,5,10-14H2,1-4H3,(H2,20,21,22);1H. The Morgan fingerprint density at radius 1 is 1.35 bits per heavy atom. The first kappa shape index (κ1) is 23.0. The van der Waals surface area contributed by atoms with Crippen LogP contribution in [0.1, 0.15) is 26.3 Å². The molecule has 1 saturated heterocycles. The van der Waals surface area contributed by atoms with Gasteiger partial charge in [-0.2, -0.15) is 0 Å². The molecule has 148 valence electrons. The Morgan fingerprint density at radius 2 is 2.08 bits per heavy atom. The van der Waals surface area contributed by atoms with Crippen LogP contribution in [-0.4, -0.2) is 62.9 Å². The van der Waals surface area contributed by atoms with E-state index in [0.29, 0.717) is 18.6 Å².